The Morgan fingerprint density at radius 1 is 1.24 bits per heavy atom. The highest BCUT2D eigenvalue weighted by molar-refractivity contribution is 5.85. The SMILES string of the molecule is C[C@H]1C[C@@H](C(=O)N2CCCC2c2cccc3c2OCCO3)CCN1.Cl. The van der Waals surface area contributed by atoms with Gasteiger partial charge in [-0.2, -0.15) is 0 Å². The molecule has 25 heavy (non-hydrogen) atoms. The van der Waals surface area contributed by atoms with Crippen molar-refractivity contribution in [2.24, 2.45) is 5.92 Å². The number of para-hydroxylation sites is 1. The molecule has 1 aromatic carbocycles. The van der Waals surface area contributed by atoms with E-state index in [0.29, 0.717) is 25.2 Å². The highest BCUT2D eigenvalue weighted by Gasteiger charge is 2.37. The number of halogens is 1. The summed E-state index contributed by atoms with van der Waals surface area (Å²) in [5, 5.41) is 3.43. The van der Waals surface area contributed by atoms with Gasteiger partial charge >= 0.3 is 0 Å². The molecule has 138 valence electrons. The molecule has 3 atom stereocenters. The van der Waals surface area contributed by atoms with E-state index in [-0.39, 0.29) is 24.4 Å². The zero-order chi connectivity index (χ0) is 16.5. The third-order valence-corrected chi connectivity index (χ3v) is 5.46. The molecule has 4 rings (SSSR count). The zero-order valence-electron chi connectivity index (χ0n) is 14.7. The van der Waals surface area contributed by atoms with Gasteiger partial charge in [0.1, 0.15) is 13.2 Å². The molecule has 1 aromatic rings. The Hall–Kier alpha value is -1.46. The maximum Gasteiger partial charge on any atom is 0.226 e. The fourth-order valence-corrected chi connectivity index (χ4v) is 4.30. The van der Waals surface area contributed by atoms with Gasteiger partial charge in [-0.25, -0.2) is 0 Å². The molecule has 1 N–H and O–H groups in total. The van der Waals surface area contributed by atoms with Crippen molar-refractivity contribution < 1.29 is 14.3 Å². The average Bonchev–Trinajstić information content (AvgIpc) is 3.10. The number of piperidine rings is 1. The molecule has 1 unspecified atom stereocenters. The van der Waals surface area contributed by atoms with Crippen molar-refractivity contribution in [3.8, 4) is 11.5 Å². The first-order chi connectivity index (χ1) is 11.7. The van der Waals surface area contributed by atoms with Gasteiger partial charge in [-0.3, -0.25) is 4.79 Å². The minimum absolute atomic E-state index is 0. The van der Waals surface area contributed by atoms with Crippen LogP contribution in [-0.4, -0.2) is 43.2 Å². The first-order valence-electron chi connectivity index (χ1n) is 9.16. The molecule has 1 amide bonds. The molecule has 0 aliphatic carbocycles. The standard InChI is InChI=1S/C19H26N2O3.ClH/c1-13-12-14(7-8-20-13)19(22)21-9-3-5-16(21)15-4-2-6-17-18(15)24-11-10-23-17;/h2,4,6,13-14,16,20H,3,5,7-12H2,1H3;1H/t13-,14-,16?;/m0./s1. The number of ether oxygens (including phenoxy) is 2. The zero-order valence-corrected chi connectivity index (χ0v) is 15.5. The monoisotopic (exact) mass is 366 g/mol. The largest absolute Gasteiger partial charge is 0.486 e. The van der Waals surface area contributed by atoms with Crippen molar-refractivity contribution in [1.29, 1.82) is 0 Å². The predicted octanol–water partition coefficient (Wildman–Crippen LogP) is 2.93. The Balaban J connectivity index is 0.00000182. The molecule has 0 spiro atoms. The van der Waals surface area contributed by atoms with Crippen LogP contribution in [0.25, 0.3) is 0 Å². The van der Waals surface area contributed by atoms with E-state index in [1.54, 1.807) is 0 Å². The maximum atomic E-state index is 13.1. The van der Waals surface area contributed by atoms with Gasteiger partial charge in [-0.05, 0) is 45.2 Å². The third-order valence-electron chi connectivity index (χ3n) is 5.46. The van der Waals surface area contributed by atoms with Gasteiger partial charge in [0.15, 0.2) is 11.5 Å². The van der Waals surface area contributed by atoms with Crippen LogP contribution in [0.1, 0.15) is 44.2 Å². The lowest BCUT2D eigenvalue weighted by molar-refractivity contribution is -0.137. The minimum Gasteiger partial charge on any atom is -0.486 e. The first-order valence-corrected chi connectivity index (χ1v) is 9.16. The number of nitrogens with zero attached hydrogens (tertiary/aromatic N) is 1. The number of nitrogens with one attached hydrogen (secondary N) is 1. The fourth-order valence-electron chi connectivity index (χ4n) is 4.30. The number of likely N-dealkylation sites (tertiary alicyclic amines) is 1. The lowest BCUT2D eigenvalue weighted by Gasteiger charge is -2.34. The van der Waals surface area contributed by atoms with Crippen molar-refractivity contribution in [3.05, 3.63) is 23.8 Å². The number of benzene rings is 1. The first kappa shape index (κ1) is 18.3. The molecule has 2 fully saturated rings. The highest BCUT2D eigenvalue weighted by Crippen LogP contribution is 2.43. The molecule has 0 aromatic heterocycles. The van der Waals surface area contributed by atoms with Gasteiger partial charge in [-0.15, -0.1) is 12.4 Å². The van der Waals surface area contributed by atoms with Crippen LogP contribution >= 0.6 is 12.4 Å². The Bertz CT molecular complexity index is 625. The van der Waals surface area contributed by atoms with Gasteiger partial charge in [0.2, 0.25) is 5.91 Å². The van der Waals surface area contributed by atoms with Crippen LogP contribution in [0, 0.1) is 5.92 Å². The minimum atomic E-state index is 0. The summed E-state index contributed by atoms with van der Waals surface area (Å²) in [6.45, 7) is 5.13. The Morgan fingerprint density at radius 2 is 2.08 bits per heavy atom. The van der Waals surface area contributed by atoms with Crippen LogP contribution in [0.2, 0.25) is 0 Å². The van der Waals surface area contributed by atoms with E-state index in [1.165, 1.54) is 0 Å². The van der Waals surface area contributed by atoms with Crippen molar-refractivity contribution in [1.82, 2.24) is 10.2 Å². The Kier molecular flexibility index (Phi) is 5.74. The number of carbonyl (C=O) groups excluding carboxylic acids is 1. The van der Waals surface area contributed by atoms with Gasteiger partial charge < -0.3 is 19.7 Å². The number of fused-ring (bicyclic) bond motifs is 1. The number of rotatable bonds is 2. The van der Waals surface area contributed by atoms with Crippen molar-refractivity contribution in [2.45, 2.75) is 44.7 Å². The summed E-state index contributed by atoms with van der Waals surface area (Å²) in [5.41, 5.74) is 1.11. The van der Waals surface area contributed by atoms with Crippen LogP contribution in [0.3, 0.4) is 0 Å². The van der Waals surface area contributed by atoms with E-state index in [2.05, 4.69) is 23.2 Å². The lowest BCUT2D eigenvalue weighted by atomic mass is 9.91. The number of hydrogen-bond acceptors (Lipinski definition) is 4. The summed E-state index contributed by atoms with van der Waals surface area (Å²) in [7, 11) is 0. The smallest absolute Gasteiger partial charge is 0.226 e. The summed E-state index contributed by atoms with van der Waals surface area (Å²) < 4.78 is 11.6. The number of carbonyl (C=O) groups is 1. The summed E-state index contributed by atoms with van der Waals surface area (Å²) in [4.78, 5) is 15.2. The molecule has 5 nitrogen and oxygen atoms in total. The van der Waals surface area contributed by atoms with E-state index in [9.17, 15) is 4.79 Å². The van der Waals surface area contributed by atoms with Crippen LogP contribution in [0.5, 0.6) is 11.5 Å². The van der Waals surface area contributed by atoms with Crippen molar-refractivity contribution in [2.75, 3.05) is 26.3 Å². The summed E-state index contributed by atoms with van der Waals surface area (Å²) in [6, 6.07) is 6.60. The van der Waals surface area contributed by atoms with Crippen molar-refractivity contribution in [3.63, 3.8) is 0 Å². The molecule has 0 saturated carbocycles. The van der Waals surface area contributed by atoms with Crippen LogP contribution in [0.4, 0.5) is 0 Å². The lowest BCUT2D eigenvalue weighted by Crippen LogP contribution is -2.44. The second-order valence-electron chi connectivity index (χ2n) is 7.14. The van der Waals surface area contributed by atoms with E-state index < -0.39 is 0 Å². The Morgan fingerprint density at radius 3 is 2.92 bits per heavy atom. The maximum absolute atomic E-state index is 13.1. The van der Waals surface area contributed by atoms with Crippen LogP contribution < -0.4 is 14.8 Å². The summed E-state index contributed by atoms with van der Waals surface area (Å²) in [6.07, 6.45) is 3.95. The molecule has 0 bridgehead atoms. The molecule has 3 aliphatic rings. The van der Waals surface area contributed by atoms with E-state index >= 15 is 0 Å². The second kappa shape index (κ2) is 7.83. The van der Waals surface area contributed by atoms with Gasteiger partial charge in [0.05, 0.1) is 6.04 Å². The molecule has 3 heterocycles. The van der Waals surface area contributed by atoms with Crippen LogP contribution in [-0.2, 0) is 4.79 Å². The molecule has 3 aliphatic heterocycles. The Labute approximate surface area is 155 Å². The molecule has 2 saturated heterocycles. The topological polar surface area (TPSA) is 50.8 Å². The number of hydrogen-bond donors (Lipinski definition) is 1. The molecule has 6 heteroatoms. The van der Waals surface area contributed by atoms with Crippen LogP contribution in [0.15, 0.2) is 18.2 Å². The highest BCUT2D eigenvalue weighted by atomic mass is 35.5. The second-order valence-corrected chi connectivity index (χ2v) is 7.14. The fraction of sp³-hybridized carbons (Fsp3) is 0.632. The number of amides is 1. The summed E-state index contributed by atoms with van der Waals surface area (Å²) in [5.74, 6) is 2.12. The van der Waals surface area contributed by atoms with Gasteiger partial charge in [0.25, 0.3) is 0 Å². The molecular formula is C19H27ClN2O3. The van der Waals surface area contributed by atoms with E-state index in [1.807, 2.05) is 12.1 Å². The summed E-state index contributed by atoms with van der Waals surface area (Å²) >= 11 is 0. The van der Waals surface area contributed by atoms with Gasteiger partial charge in [-0.1, -0.05) is 12.1 Å². The van der Waals surface area contributed by atoms with Crippen molar-refractivity contribution >= 4 is 18.3 Å². The van der Waals surface area contributed by atoms with E-state index in [0.717, 1.165) is 55.8 Å². The normalized spacial score (nSPS) is 28.4. The van der Waals surface area contributed by atoms with Gasteiger partial charge in [0, 0.05) is 24.1 Å². The van der Waals surface area contributed by atoms with E-state index in [4.69, 9.17) is 9.47 Å². The quantitative estimate of drug-likeness (QED) is 0.874. The average molecular weight is 367 g/mol. The molecule has 0 radical (unpaired) electrons. The predicted molar refractivity (Wildman–Crippen MR) is 98.6 cm³/mol. The third kappa shape index (κ3) is 3.58. The molecular weight excluding hydrogens is 340 g/mol.